The molecule has 0 aromatic heterocycles. The van der Waals surface area contributed by atoms with Crippen LogP contribution in [0.3, 0.4) is 0 Å². The van der Waals surface area contributed by atoms with Crippen molar-refractivity contribution in [1.29, 1.82) is 0 Å². The lowest BCUT2D eigenvalue weighted by Gasteiger charge is -2.32. The molecule has 0 aliphatic carbocycles. The van der Waals surface area contributed by atoms with Gasteiger partial charge in [0, 0.05) is 0 Å². The zero-order valence-electron chi connectivity index (χ0n) is 27.5. The standard InChI is InChI=1S/C39H44N2O6/c1-27-15-19-29(20-16-27)23-33(40-37(42)44-25-31-11-7-5-8-12-31)35-36(47-39(3,4)46-35)34(24-30-21-17-28(2)18-22-30)41-38(43)45-26-32-13-9-6-10-14-32/h5-22,33-36H,23-26H2,1-4H3,(H,40,42)(H,41,43)/t33-,34-,35+,36+/m1/s1. The van der Waals surface area contributed by atoms with Crippen molar-refractivity contribution < 1.29 is 28.5 Å². The summed E-state index contributed by atoms with van der Waals surface area (Å²) < 4.78 is 24.4. The fourth-order valence-electron chi connectivity index (χ4n) is 5.73. The van der Waals surface area contributed by atoms with E-state index in [-0.39, 0.29) is 13.2 Å². The van der Waals surface area contributed by atoms with E-state index in [0.717, 1.165) is 33.4 Å². The minimum Gasteiger partial charge on any atom is -0.445 e. The third-order valence-electron chi connectivity index (χ3n) is 8.14. The van der Waals surface area contributed by atoms with Crippen molar-refractivity contribution in [2.45, 2.75) is 83.8 Å². The topological polar surface area (TPSA) is 95.1 Å². The smallest absolute Gasteiger partial charge is 0.407 e. The number of ether oxygens (including phenoxy) is 4. The van der Waals surface area contributed by atoms with Crippen molar-refractivity contribution in [3.63, 3.8) is 0 Å². The Bertz CT molecular complexity index is 1460. The predicted molar refractivity (Wildman–Crippen MR) is 181 cm³/mol. The number of carbonyl (C=O) groups is 2. The summed E-state index contributed by atoms with van der Waals surface area (Å²) in [5.41, 5.74) is 6.07. The summed E-state index contributed by atoms with van der Waals surface area (Å²) in [6.07, 6.45) is -1.50. The Morgan fingerprint density at radius 1 is 0.596 bits per heavy atom. The zero-order valence-corrected chi connectivity index (χ0v) is 27.5. The number of nitrogens with one attached hydrogen (secondary N) is 2. The van der Waals surface area contributed by atoms with Gasteiger partial charge in [0.1, 0.15) is 25.4 Å². The molecule has 4 atom stereocenters. The van der Waals surface area contributed by atoms with Crippen molar-refractivity contribution in [3.05, 3.63) is 143 Å². The monoisotopic (exact) mass is 636 g/mol. The maximum atomic E-state index is 13.3. The number of aryl methyl sites for hydroxylation is 2. The second kappa shape index (κ2) is 15.8. The average Bonchev–Trinajstić information content (AvgIpc) is 3.40. The normalized spacial score (nSPS) is 18.1. The average molecular weight is 637 g/mol. The van der Waals surface area contributed by atoms with Crippen molar-refractivity contribution in [2.75, 3.05) is 0 Å². The SMILES string of the molecule is Cc1ccc(C[C@@H](NC(=O)OCc2ccccc2)[C@@H]2OC(C)(C)O[C@H]2[C@@H](Cc2ccc(C)cc2)NC(=O)OCc2ccccc2)cc1. The quantitative estimate of drug-likeness (QED) is 0.171. The molecule has 1 aliphatic rings. The van der Waals surface area contributed by atoms with E-state index in [1.807, 2.05) is 137 Å². The second-order valence-electron chi connectivity index (χ2n) is 12.6. The van der Waals surface area contributed by atoms with Gasteiger partial charge < -0.3 is 29.6 Å². The van der Waals surface area contributed by atoms with Crippen LogP contribution in [-0.4, -0.2) is 42.3 Å². The number of benzene rings is 4. The van der Waals surface area contributed by atoms with Crippen LogP contribution in [0.1, 0.15) is 47.2 Å². The van der Waals surface area contributed by atoms with Gasteiger partial charge >= 0.3 is 12.2 Å². The molecule has 246 valence electrons. The van der Waals surface area contributed by atoms with Gasteiger partial charge in [-0.2, -0.15) is 0 Å². The number of alkyl carbamates (subject to hydrolysis) is 2. The van der Waals surface area contributed by atoms with Crippen LogP contribution in [0.2, 0.25) is 0 Å². The number of amides is 2. The van der Waals surface area contributed by atoms with Crippen LogP contribution in [0.25, 0.3) is 0 Å². The lowest BCUT2D eigenvalue weighted by molar-refractivity contribution is -0.150. The number of hydrogen-bond acceptors (Lipinski definition) is 6. The molecule has 0 bridgehead atoms. The van der Waals surface area contributed by atoms with Crippen LogP contribution >= 0.6 is 0 Å². The van der Waals surface area contributed by atoms with Gasteiger partial charge in [0.25, 0.3) is 0 Å². The first-order valence-electron chi connectivity index (χ1n) is 16.0. The molecule has 0 saturated carbocycles. The highest BCUT2D eigenvalue weighted by Gasteiger charge is 2.49. The summed E-state index contributed by atoms with van der Waals surface area (Å²) in [7, 11) is 0. The molecular weight excluding hydrogens is 592 g/mol. The first-order chi connectivity index (χ1) is 22.6. The van der Waals surface area contributed by atoms with E-state index in [9.17, 15) is 9.59 Å². The molecular formula is C39H44N2O6. The molecule has 1 saturated heterocycles. The van der Waals surface area contributed by atoms with E-state index in [0.29, 0.717) is 12.8 Å². The minimum atomic E-state index is -0.988. The fraction of sp³-hybridized carbons (Fsp3) is 0.333. The molecule has 4 aromatic rings. The first kappa shape index (κ1) is 33.7. The minimum absolute atomic E-state index is 0.131. The molecule has 8 nitrogen and oxygen atoms in total. The molecule has 4 aromatic carbocycles. The van der Waals surface area contributed by atoms with Gasteiger partial charge in [0.2, 0.25) is 0 Å². The van der Waals surface area contributed by atoms with E-state index < -0.39 is 42.3 Å². The summed E-state index contributed by atoms with van der Waals surface area (Å²) in [6.45, 7) is 8.01. The largest absolute Gasteiger partial charge is 0.445 e. The van der Waals surface area contributed by atoms with Crippen molar-refractivity contribution in [3.8, 4) is 0 Å². The number of rotatable bonds is 12. The van der Waals surface area contributed by atoms with Crippen molar-refractivity contribution >= 4 is 12.2 Å². The molecule has 8 heteroatoms. The summed E-state index contributed by atoms with van der Waals surface area (Å²) in [5, 5.41) is 6.15. The van der Waals surface area contributed by atoms with Crippen molar-refractivity contribution in [2.24, 2.45) is 0 Å². The van der Waals surface area contributed by atoms with Gasteiger partial charge in [0.05, 0.1) is 12.1 Å². The molecule has 1 aliphatic heterocycles. The highest BCUT2D eigenvalue weighted by molar-refractivity contribution is 5.68. The van der Waals surface area contributed by atoms with Crippen LogP contribution in [0.15, 0.2) is 109 Å². The summed E-state index contributed by atoms with van der Waals surface area (Å²) in [5.74, 6) is -0.988. The van der Waals surface area contributed by atoms with E-state index in [1.54, 1.807) is 0 Å². The molecule has 0 unspecified atom stereocenters. The highest BCUT2D eigenvalue weighted by Crippen LogP contribution is 2.34. The lowest BCUT2D eigenvalue weighted by Crippen LogP contribution is -2.56. The van der Waals surface area contributed by atoms with E-state index in [1.165, 1.54) is 0 Å². The van der Waals surface area contributed by atoms with Crippen LogP contribution in [-0.2, 0) is 45.0 Å². The second-order valence-corrected chi connectivity index (χ2v) is 12.6. The van der Waals surface area contributed by atoms with Crippen LogP contribution in [0, 0.1) is 13.8 Å². The number of carbonyl (C=O) groups excluding carboxylic acids is 2. The molecule has 47 heavy (non-hydrogen) atoms. The maximum Gasteiger partial charge on any atom is 0.407 e. The Balaban J connectivity index is 1.40. The summed E-state index contributed by atoms with van der Waals surface area (Å²) >= 11 is 0. The Morgan fingerprint density at radius 3 is 1.32 bits per heavy atom. The molecule has 1 fully saturated rings. The van der Waals surface area contributed by atoms with Gasteiger partial charge in [-0.05, 0) is 62.8 Å². The van der Waals surface area contributed by atoms with E-state index >= 15 is 0 Å². The van der Waals surface area contributed by atoms with Gasteiger partial charge in [-0.3, -0.25) is 0 Å². The fourth-order valence-corrected chi connectivity index (χ4v) is 5.73. The van der Waals surface area contributed by atoms with E-state index in [2.05, 4.69) is 10.6 Å². The van der Waals surface area contributed by atoms with E-state index in [4.69, 9.17) is 18.9 Å². The third-order valence-corrected chi connectivity index (χ3v) is 8.14. The van der Waals surface area contributed by atoms with Gasteiger partial charge in [-0.15, -0.1) is 0 Å². The third kappa shape index (κ3) is 10.2. The molecule has 2 N–H and O–H groups in total. The maximum absolute atomic E-state index is 13.3. The lowest BCUT2D eigenvalue weighted by atomic mass is 9.91. The summed E-state index contributed by atoms with van der Waals surface area (Å²) in [6, 6.07) is 34.3. The van der Waals surface area contributed by atoms with Crippen LogP contribution in [0.4, 0.5) is 9.59 Å². The van der Waals surface area contributed by atoms with Gasteiger partial charge in [0.15, 0.2) is 5.79 Å². The Hall–Kier alpha value is -4.66. The Labute approximate surface area is 277 Å². The Morgan fingerprint density at radius 2 is 0.957 bits per heavy atom. The molecule has 1 heterocycles. The van der Waals surface area contributed by atoms with Gasteiger partial charge in [-0.25, -0.2) is 9.59 Å². The molecule has 5 rings (SSSR count). The van der Waals surface area contributed by atoms with Crippen molar-refractivity contribution in [1.82, 2.24) is 10.6 Å². The van der Waals surface area contributed by atoms with Crippen LogP contribution in [0.5, 0.6) is 0 Å². The molecule has 0 radical (unpaired) electrons. The summed E-state index contributed by atoms with van der Waals surface area (Å²) in [4.78, 5) is 26.5. The zero-order chi connectivity index (χ0) is 33.2. The van der Waals surface area contributed by atoms with Gasteiger partial charge in [-0.1, -0.05) is 120 Å². The first-order valence-corrected chi connectivity index (χ1v) is 16.0. The van der Waals surface area contributed by atoms with Crippen LogP contribution < -0.4 is 10.6 Å². The Kier molecular flexibility index (Phi) is 11.3. The predicted octanol–water partition coefficient (Wildman–Crippen LogP) is 7.20. The highest BCUT2D eigenvalue weighted by atomic mass is 16.8. The molecule has 2 amide bonds. The number of hydrogen-bond donors (Lipinski definition) is 2. The molecule has 0 spiro atoms.